The zero-order chi connectivity index (χ0) is 19.9. The second-order valence-electron chi connectivity index (χ2n) is 6.43. The van der Waals surface area contributed by atoms with Crippen LogP contribution in [0.5, 0.6) is 0 Å². The van der Waals surface area contributed by atoms with Gasteiger partial charge >= 0.3 is 12.1 Å². The van der Waals surface area contributed by atoms with Gasteiger partial charge in [0.2, 0.25) is 0 Å². The van der Waals surface area contributed by atoms with Gasteiger partial charge in [-0.3, -0.25) is 10.1 Å². The number of non-ortho nitro benzene ring substituents is 1. The smallest absolute Gasteiger partial charge is 0.410 e. The van der Waals surface area contributed by atoms with E-state index in [4.69, 9.17) is 9.47 Å². The summed E-state index contributed by atoms with van der Waals surface area (Å²) in [7, 11) is 0. The van der Waals surface area contributed by atoms with Crippen molar-refractivity contribution < 1.29 is 24.0 Å². The fourth-order valence-electron chi connectivity index (χ4n) is 3.03. The van der Waals surface area contributed by atoms with E-state index in [1.165, 1.54) is 24.3 Å². The highest BCUT2D eigenvalue weighted by Crippen LogP contribution is 2.20. The number of hydrogen-bond donors (Lipinski definition) is 0. The summed E-state index contributed by atoms with van der Waals surface area (Å²) in [6.07, 6.45) is 1.09. The fraction of sp³-hybridized carbons (Fsp3) is 0.300. The van der Waals surface area contributed by atoms with Crippen LogP contribution in [-0.2, 0) is 16.1 Å². The third-order valence-electron chi connectivity index (χ3n) is 4.54. The first-order valence-corrected chi connectivity index (χ1v) is 8.93. The van der Waals surface area contributed by atoms with Crippen molar-refractivity contribution in [3.63, 3.8) is 0 Å². The van der Waals surface area contributed by atoms with Gasteiger partial charge in [0.15, 0.2) is 0 Å². The Labute approximate surface area is 161 Å². The van der Waals surface area contributed by atoms with Gasteiger partial charge < -0.3 is 14.4 Å². The molecule has 1 fully saturated rings. The van der Waals surface area contributed by atoms with Crippen LogP contribution in [-0.4, -0.2) is 41.1 Å². The van der Waals surface area contributed by atoms with Crippen molar-refractivity contribution in [2.24, 2.45) is 0 Å². The highest BCUT2D eigenvalue weighted by molar-refractivity contribution is 5.89. The number of carbonyl (C=O) groups excluding carboxylic acids is 2. The molecular formula is C20H20N2O6. The molecule has 0 unspecified atom stereocenters. The molecule has 1 saturated heterocycles. The number of nitro benzene ring substituents is 1. The van der Waals surface area contributed by atoms with E-state index in [0.717, 1.165) is 12.0 Å². The molecule has 28 heavy (non-hydrogen) atoms. The van der Waals surface area contributed by atoms with Crippen LogP contribution in [0.3, 0.4) is 0 Å². The van der Waals surface area contributed by atoms with Gasteiger partial charge in [-0.05, 0) is 30.5 Å². The molecule has 8 nitrogen and oxygen atoms in total. The molecule has 1 aliphatic rings. The average Bonchev–Trinajstić information content (AvgIpc) is 3.20. The Balaban J connectivity index is 1.51. The minimum atomic E-state index is -0.584. The van der Waals surface area contributed by atoms with Crippen molar-refractivity contribution in [2.75, 3.05) is 13.2 Å². The minimum absolute atomic E-state index is 0.0518. The number of esters is 1. The van der Waals surface area contributed by atoms with Crippen LogP contribution >= 0.6 is 0 Å². The summed E-state index contributed by atoms with van der Waals surface area (Å²) in [5.41, 5.74) is 1.03. The summed E-state index contributed by atoms with van der Waals surface area (Å²) in [6, 6.07) is 14.3. The molecule has 2 aromatic carbocycles. The molecule has 0 saturated carbocycles. The lowest BCUT2D eigenvalue weighted by Crippen LogP contribution is -2.39. The SMILES string of the molecule is O=C(OC[C@@H]1CCCN1C(=O)OCc1ccccc1)c1ccc([N+](=O)[O-])cc1. The highest BCUT2D eigenvalue weighted by atomic mass is 16.6. The van der Waals surface area contributed by atoms with Crippen molar-refractivity contribution in [1.29, 1.82) is 0 Å². The first kappa shape index (κ1) is 19.3. The topological polar surface area (TPSA) is 99.0 Å². The van der Waals surface area contributed by atoms with Crippen LogP contribution in [0.1, 0.15) is 28.8 Å². The van der Waals surface area contributed by atoms with E-state index < -0.39 is 17.0 Å². The number of ether oxygens (including phenoxy) is 2. The van der Waals surface area contributed by atoms with E-state index in [2.05, 4.69) is 0 Å². The van der Waals surface area contributed by atoms with Gasteiger partial charge in [0.05, 0.1) is 16.5 Å². The number of carbonyl (C=O) groups is 2. The van der Waals surface area contributed by atoms with E-state index >= 15 is 0 Å². The Morgan fingerprint density at radius 2 is 1.79 bits per heavy atom. The van der Waals surface area contributed by atoms with Crippen molar-refractivity contribution in [3.05, 3.63) is 75.8 Å². The molecule has 3 rings (SSSR count). The Morgan fingerprint density at radius 1 is 1.07 bits per heavy atom. The van der Waals surface area contributed by atoms with Crippen LogP contribution in [0.15, 0.2) is 54.6 Å². The maximum absolute atomic E-state index is 12.3. The second-order valence-corrected chi connectivity index (χ2v) is 6.43. The molecule has 0 N–H and O–H groups in total. The lowest BCUT2D eigenvalue weighted by Gasteiger charge is -2.23. The van der Waals surface area contributed by atoms with Gasteiger partial charge in [0.25, 0.3) is 5.69 Å². The molecule has 1 heterocycles. The van der Waals surface area contributed by atoms with Gasteiger partial charge in [-0.2, -0.15) is 0 Å². The number of amides is 1. The number of rotatable bonds is 6. The molecule has 146 valence electrons. The first-order chi connectivity index (χ1) is 13.5. The standard InChI is InChI=1S/C20H20N2O6/c23-19(16-8-10-17(11-9-16)22(25)26)27-14-18-7-4-12-21(18)20(24)28-13-15-5-2-1-3-6-15/h1-3,5-6,8-11,18H,4,7,12-14H2/t18-/m0/s1. The lowest BCUT2D eigenvalue weighted by molar-refractivity contribution is -0.384. The summed E-state index contributed by atoms with van der Waals surface area (Å²) >= 11 is 0. The van der Waals surface area contributed by atoms with Crippen LogP contribution in [0, 0.1) is 10.1 Å². The molecule has 0 radical (unpaired) electrons. The normalized spacial score (nSPS) is 15.9. The second kappa shape index (κ2) is 8.98. The van der Waals surface area contributed by atoms with Crippen LogP contribution in [0.2, 0.25) is 0 Å². The monoisotopic (exact) mass is 384 g/mol. The van der Waals surface area contributed by atoms with Crippen molar-refractivity contribution >= 4 is 17.7 Å². The molecular weight excluding hydrogens is 364 g/mol. The fourth-order valence-corrected chi connectivity index (χ4v) is 3.03. The summed E-state index contributed by atoms with van der Waals surface area (Å²) in [4.78, 5) is 36.2. The third kappa shape index (κ3) is 4.85. The van der Waals surface area contributed by atoms with Gasteiger partial charge in [0.1, 0.15) is 13.2 Å². The molecule has 1 atom stereocenters. The van der Waals surface area contributed by atoms with Gasteiger partial charge in [-0.1, -0.05) is 30.3 Å². The van der Waals surface area contributed by atoms with Crippen molar-refractivity contribution in [1.82, 2.24) is 4.90 Å². The Kier molecular flexibility index (Phi) is 6.21. The maximum atomic E-state index is 12.3. The molecule has 1 aliphatic heterocycles. The third-order valence-corrected chi connectivity index (χ3v) is 4.54. The van der Waals surface area contributed by atoms with Crippen molar-refractivity contribution in [3.8, 4) is 0 Å². The molecule has 0 aromatic heterocycles. The molecule has 1 amide bonds. The summed E-state index contributed by atoms with van der Waals surface area (Å²) in [6.45, 7) is 0.787. The Morgan fingerprint density at radius 3 is 2.46 bits per heavy atom. The Bertz CT molecular complexity index is 838. The summed E-state index contributed by atoms with van der Waals surface area (Å²) < 4.78 is 10.6. The molecule has 0 aliphatic carbocycles. The molecule has 8 heteroatoms. The van der Waals surface area contributed by atoms with E-state index in [-0.39, 0.29) is 30.5 Å². The summed E-state index contributed by atoms with van der Waals surface area (Å²) in [5.74, 6) is -0.584. The van der Waals surface area contributed by atoms with Crippen LogP contribution < -0.4 is 0 Å². The molecule has 0 bridgehead atoms. The minimum Gasteiger partial charge on any atom is -0.460 e. The average molecular weight is 384 g/mol. The number of nitrogens with zero attached hydrogens (tertiary/aromatic N) is 2. The highest BCUT2D eigenvalue weighted by Gasteiger charge is 2.31. The molecule has 0 spiro atoms. The number of hydrogen-bond acceptors (Lipinski definition) is 6. The predicted octanol–water partition coefficient (Wildman–Crippen LogP) is 3.55. The van der Waals surface area contributed by atoms with Gasteiger partial charge in [0, 0.05) is 18.7 Å². The number of benzene rings is 2. The Hall–Kier alpha value is -3.42. The van der Waals surface area contributed by atoms with Gasteiger partial charge in [-0.25, -0.2) is 9.59 Å². The first-order valence-electron chi connectivity index (χ1n) is 8.93. The predicted molar refractivity (Wildman–Crippen MR) is 99.7 cm³/mol. The van der Waals surface area contributed by atoms with Gasteiger partial charge in [-0.15, -0.1) is 0 Å². The number of likely N-dealkylation sites (tertiary alicyclic amines) is 1. The van der Waals surface area contributed by atoms with Crippen LogP contribution in [0.25, 0.3) is 0 Å². The van der Waals surface area contributed by atoms with E-state index in [9.17, 15) is 19.7 Å². The van der Waals surface area contributed by atoms with Crippen molar-refractivity contribution in [2.45, 2.75) is 25.5 Å². The number of nitro groups is 1. The van der Waals surface area contributed by atoms with E-state index in [0.29, 0.717) is 13.0 Å². The molecule has 2 aromatic rings. The zero-order valence-corrected chi connectivity index (χ0v) is 15.2. The van der Waals surface area contributed by atoms with Crippen LogP contribution in [0.4, 0.5) is 10.5 Å². The maximum Gasteiger partial charge on any atom is 0.410 e. The summed E-state index contributed by atoms with van der Waals surface area (Å²) in [5, 5.41) is 10.7. The zero-order valence-electron chi connectivity index (χ0n) is 15.2. The quantitative estimate of drug-likeness (QED) is 0.429. The largest absolute Gasteiger partial charge is 0.460 e. The van der Waals surface area contributed by atoms with E-state index in [1.54, 1.807) is 4.90 Å². The lowest BCUT2D eigenvalue weighted by atomic mass is 10.2. The van der Waals surface area contributed by atoms with E-state index in [1.807, 2.05) is 30.3 Å².